The molecular weight excluding hydrogens is 516 g/mol. The van der Waals surface area contributed by atoms with E-state index in [0.717, 1.165) is 39.1 Å². The molecule has 3 N–H and O–H groups in total. The Kier molecular flexibility index (Phi) is 7.73. The first kappa shape index (κ1) is 24.8. The van der Waals surface area contributed by atoms with Crippen molar-refractivity contribution in [3.8, 4) is 11.5 Å². The monoisotopic (exact) mass is 536 g/mol. The summed E-state index contributed by atoms with van der Waals surface area (Å²) < 4.78 is 21.3. The van der Waals surface area contributed by atoms with Crippen LogP contribution in [-0.4, -0.2) is 54.3 Å². The van der Waals surface area contributed by atoms with Gasteiger partial charge in [0.2, 0.25) is 11.9 Å². The van der Waals surface area contributed by atoms with E-state index in [-0.39, 0.29) is 18.1 Å². The van der Waals surface area contributed by atoms with E-state index in [9.17, 15) is 14.4 Å². The Balaban J connectivity index is 1.40. The lowest BCUT2D eigenvalue weighted by molar-refractivity contribution is -0.144. The Morgan fingerprint density at radius 3 is 2.74 bits per heavy atom. The Bertz CT molecular complexity index is 1270. The fourth-order valence-corrected chi connectivity index (χ4v) is 5.71. The molecule has 1 aromatic carbocycles. The molecule has 35 heavy (non-hydrogen) atoms. The Morgan fingerprint density at radius 1 is 1.20 bits per heavy atom. The van der Waals surface area contributed by atoms with Crippen LogP contribution < -0.4 is 20.5 Å². The Hall–Kier alpha value is -3.36. The van der Waals surface area contributed by atoms with E-state index in [1.165, 1.54) is 18.4 Å². The van der Waals surface area contributed by atoms with Crippen molar-refractivity contribution < 1.29 is 33.3 Å². The number of aryl methyl sites for hydroxylation is 1. The van der Waals surface area contributed by atoms with E-state index in [2.05, 4.69) is 15.5 Å². The second kappa shape index (κ2) is 10.9. The highest BCUT2D eigenvalue weighted by atomic mass is 32.2. The molecule has 0 fully saturated rings. The van der Waals surface area contributed by atoms with Crippen LogP contribution in [0.2, 0.25) is 0 Å². The van der Waals surface area contributed by atoms with Gasteiger partial charge < -0.3 is 30.0 Å². The topological polar surface area (TPSA) is 152 Å². The van der Waals surface area contributed by atoms with Gasteiger partial charge in [-0.15, -0.1) is 21.5 Å². The molecule has 1 amide bonds. The van der Waals surface area contributed by atoms with Crippen molar-refractivity contribution in [1.82, 2.24) is 10.2 Å². The van der Waals surface area contributed by atoms with Crippen molar-refractivity contribution in [2.45, 2.75) is 17.7 Å². The first-order valence-corrected chi connectivity index (χ1v) is 12.7. The molecule has 0 saturated heterocycles. The molecule has 0 radical (unpaired) electrons. The highest BCUT2D eigenvalue weighted by molar-refractivity contribution is 8.01. The third kappa shape index (κ3) is 6.01. The van der Waals surface area contributed by atoms with E-state index in [1.54, 1.807) is 0 Å². The highest BCUT2D eigenvalue weighted by Gasteiger charge is 2.25. The first-order valence-electron chi connectivity index (χ1n) is 10.1. The number of amides is 1. The van der Waals surface area contributed by atoms with Gasteiger partial charge in [0, 0.05) is 4.88 Å². The number of benzene rings is 1. The van der Waals surface area contributed by atoms with E-state index in [1.807, 2.05) is 25.1 Å². The largest absolute Gasteiger partial charge is 0.465 e. The molecule has 1 aliphatic heterocycles. The normalized spacial score (nSPS) is 11.8. The van der Waals surface area contributed by atoms with Crippen LogP contribution >= 0.6 is 34.4 Å². The number of nitrogens with two attached hydrogens (primary N) is 1. The molecule has 0 saturated carbocycles. The molecule has 4 rings (SSSR count). The summed E-state index contributed by atoms with van der Waals surface area (Å²) in [5.74, 6) is -0.504. The number of ether oxygens (including phenoxy) is 4. The molecule has 0 spiro atoms. The number of hydrogen-bond acceptors (Lipinski definition) is 13. The number of aromatic nitrogens is 2. The molecule has 0 atom stereocenters. The van der Waals surface area contributed by atoms with Crippen LogP contribution in [0.1, 0.15) is 26.4 Å². The molecular formula is C21H20N4O7S3. The first-order chi connectivity index (χ1) is 16.8. The molecule has 14 heteroatoms. The molecule has 0 bridgehead atoms. The maximum atomic E-state index is 12.6. The zero-order valence-corrected chi connectivity index (χ0v) is 21.1. The summed E-state index contributed by atoms with van der Waals surface area (Å²) in [7, 11) is 1.27. The van der Waals surface area contributed by atoms with Crippen molar-refractivity contribution in [3.63, 3.8) is 0 Å². The number of nitrogen functional groups attached to an aromatic ring is 1. The van der Waals surface area contributed by atoms with E-state index in [4.69, 9.17) is 24.7 Å². The predicted molar refractivity (Wildman–Crippen MR) is 130 cm³/mol. The number of carbonyl (C=O) groups excluding carboxylic acids is 3. The van der Waals surface area contributed by atoms with Gasteiger partial charge in [0.05, 0.1) is 18.4 Å². The minimum absolute atomic E-state index is 0.0485. The van der Waals surface area contributed by atoms with Crippen LogP contribution in [0.4, 0.5) is 10.1 Å². The van der Waals surface area contributed by atoms with Gasteiger partial charge in [-0.25, -0.2) is 4.79 Å². The third-order valence-electron chi connectivity index (χ3n) is 4.77. The molecule has 0 unspecified atom stereocenters. The van der Waals surface area contributed by atoms with Gasteiger partial charge in [0.25, 0.3) is 5.91 Å². The number of fused-ring (bicyclic) bond motifs is 1. The van der Waals surface area contributed by atoms with Crippen molar-refractivity contribution in [3.05, 3.63) is 39.8 Å². The van der Waals surface area contributed by atoms with Gasteiger partial charge in [0.1, 0.15) is 5.00 Å². The molecule has 3 heterocycles. The lowest BCUT2D eigenvalue weighted by atomic mass is 10.0. The lowest BCUT2D eigenvalue weighted by Gasteiger charge is -2.09. The zero-order chi connectivity index (χ0) is 24.9. The molecule has 11 nitrogen and oxygen atoms in total. The predicted octanol–water partition coefficient (Wildman–Crippen LogP) is 2.87. The number of thiophene rings is 1. The number of nitrogens with zero attached hydrogens (tertiary/aromatic N) is 2. The fourth-order valence-electron chi connectivity index (χ4n) is 3.20. The summed E-state index contributed by atoms with van der Waals surface area (Å²) in [5, 5.41) is 10.7. The van der Waals surface area contributed by atoms with Crippen molar-refractivity contribution in [2.75, 3.05) is 37.3 Å². The molecule has 2 aromatic heterocycles. The van der Waals surface area contributed by atoms with Gasteiger partial charge in [-0.2, -0.15) is 0 Å². The summed E-state index contributed by atoms with van der Waals surface area (Å²) in [6.45, 7) is 1.51. The fraction of sp³-hybridized carbons (Fsp3) is 0.286. The Morgan fingerprint density at radius 2 is 2.00 bits per heavy atom. The minimum atomic E-state index is -0.599. The number of hydrogen-bond donors (Lipinski definition) is 2. The molecule has 1 aliphatic rings. The van der Waals surface area contributed by atoms with Crippen LogP contribution in [0.3, 0.4) is 0 Å². The number of esters is 2. The Labute approximate surface area is 211 Å². The molecule has 3 aromatic rings. The highest BCUT2D eigenvalue weighted by Crippen LogP contribution is 2.37. The lowest BCUT2D eigenvalue weighted by Crippen LogP contribution is -2.22. The van der Waals surface area contributed by atoms with Crippen LogP contribution in [0.25, 0.3) is 0 Å². The third-order valence-corrected chi connectivity index (χ3v) is 7.69. The summed E-state index contributed by atoms with van der Waals surface area (Å²) in [6, 6.07) is 5.55. The number of carbonyl (C=O) groups is 3. The van der Waals surface area contributed by atoms with Crippen LogP contribution in [0.5, 0.6) is 11.5 Å². The number of rotatable bonds is 9. The summed E-state index contributed by atoms with van der Waals surface area (Å²) in [5.41, 5.74) is 7.39. The quantitative estimate of drug-likeness (QED) is 0.307. The standard InChI is InChI=1S/C21H20N4O7S3/c1-10-12(5-11-3-4-13-14(6-11)32-9-31-13)17(19(28)29-2)18(34-10)23-15(26)7-30-16(27)8-33-21-25-24-20(22)35-21/h3-4,6H,5,7-9H2,1-2H3,(H2,22,24)(H,23,26). The second-order valence-electron chi connectivity index (χ2n) is 7.10. The van der Waals surface area contributed by atoms with Crippen LogP contribution in [-0.2, 0) is 25.5 Å². The zero-order valence-electron chi connectivity index (χ0n) is 18.6. The summed E-state index contributed by atoms with van der Waals surface area (Å²) >= 11 is 3.50. The maximum Gasteiger partial charge on any atom is 0.341 e. The SMILES string of the molecule is COC(=O)c1c(NC(=O)COC(=O)CSc2nnc(N)s2)sc(C)c1Cc1ccc2c(c1)OCO2. The average molecular weight is 537 g/mol. The average Bonchev–Trinajstić information content (AvgIpc) is 3.55. The van der Waals surface area contributed by atoms with E-state index in [0.29, 0.717) is 32.4 Å². The van der Waals surface area contributed by atoms with E-state index < -0.39 is 24.5 Å². The second-order valence-corrected chi connectivity index (χ2v) is 10.6. The van der Waals surface area contributed by atoms with Gasteiger partial charge in [-0.1, -0.05) is 29.2 Å². The van der Waals surface area contributed by atoms with E-state index >= 15 is 0 Å². The van der Waals surface area contributed by atoms with Gasteiger partial charge >= 0.3 is 11.9 Å². The van der Waals surface area contributed by atoms with Crippen molar-refractivity contribution in [2.24, 2.45) is 0 Å². The van der Waals surface area contributed by atoms with Crippen molar-refractivity contribution in [1.29, 1.82) is 0 Å². The number of nitrogens with one attached hydrogen (secondary N) is 1. The van der Waals surface area contributed by atoms with Crippen molar-refractivity contribution >= 4 is 62.4 Å². The molecule has 0 aliphatic carbocycles. The number of thioether (sulfide) groups is 1. The van der Waals surface area contributed by atoms with Gasteiger partial charge in [-0.05, 0) is 36.6 Å². The van der Waals surface area contributed by atoms with Crippen LogP contribution in [0.15, 0.2) is 22.5 Å². The minimum Gasteiger partial charge on any atom is -0.465 e. The van der Waals surface area contributed by atoms with Crippen LogP contribution in [0, 0.1) is 6.92 Å². The number of methoxy groups -OCH3 is 1. The maximum absolute atomic E-state index is 12.6. The molecule has 184 valence electrons. The smallest absolute Gasteiger partial charge is 0.341 e. The summed E-state index contributed by atoms with van der Waals surface area (Å²) in [6.07, 6.45) is 0.418. The number of anilines is 2. The van der Waals surface area contributed by atoms with Gasteiger partial charge in [0.15, 0.2) is 22.4 Å². The summed E-state index contributed by atoms with van der Waals surface area (Å²) in [4.78, 5) is 37.8. The van der Waals surface area contributed by atoms with Gasteiger partial charge in [-0.3, -0.25) is 9.59 Å².